The Morgan fingerprint density at radius 3 is 2.30 bits per heavy atom. The number of benzene rings is 2. The molecule has 2 aromatic rings. The van der Waals surface area contributed by atoms with Crippen molar-refractivity contribution >= 4 is 10.1 Å². The minimum absolute atomic E-state index is 0.00673. The zero-order valence-electron chi connectivity index (χ0n) is 29.4. The summed E-state index contributed by atoms with van der Waals surface area (Å²) in [7, 11) is -3.62. The molecular weight excluding hydrogens is 589 g/mol. The maximum absolute atomic E-state index is 12.8. The summed E-state index contributed by atoms with van der Waals surface area (Å²) in [6, 6.07) is 18.5. The highest BCUT2D eigenvalue weighted by atomic mass is 32.2. The number of para-hydroxylation sites is 1. The molecule has 254 valence electrons. The summed E-state index contributed by atoms with van der Waals surface area (Å²) in [5, 5.41) is 0. The lowest BCUT2D eigenvalue weighted by Gasteiger charge is -2.62. The van der Waals surface area contributed by atoms with Crippen molar-refractivity contribution in [3.8, 4) is 5.75 Å². The van der Waals surface area contributed by atoms with Crippen molar-refractivity contribution in [2.75, 3.05) is 6.26 Å². The molecule has 4 saturated carbocycles. The van der Waals surface area contributed by atoms with Crippen LogP contribution in [0.5, 0.6) is 5.75 Å². The van der Waals surface area contributed by atoms with Gasteiger partial charge in [0.25, 0.3) is 10.1 Å². The number of rotatable bonds is 11. The molecule has 2 aromatic carbocycles. The van der Waals surface area contributed by atoms with E-state index in [1.807, 2.05) is 30.3 Å². The van der Waals surface area contributed by atoms with Crippen LogP contribution in [0.4, 0.5) is 0 Å². The van der Waals surface area contributed by atoms with E-state index >= 15 is 0 Å². The lowest BCUT2D eigenvalue weighted by molar-refractivity contribution is -0.134. The average molecular weight is 649 g/mol. The molecular formula is C41H60O4S. The van der Waals surface area contributed by atoms with Crippen molar-refractivity contribution < 1.29 is 17.3 Å². The van der Waals surface area contributed by atoms with E-state index in [9.17, 15) is 8.42 Å². The molecule has 5 heteroatoms. The molecule has 0 radical (unpaired) electrons. The summed E-state index contributed by atoms with van der Waals surface area (Å²) in [5.74, 6) is 6.07. The van der Waals surface area contributed by atoms with E-state index in [2.05, 4.69) is 58.9 Å². The third kappa shape index (κ3) is 6.84. The summed E-state index contributed by atoms with van der Waals surface area (Å²) >= 11 is 0. The minimum atomic E-state index is -3.62. The lowest BCUT2D eigenvalue weighted by Crippen LogP contribution is -2.56. The third-order valence-corrected chi connectivity index (χ3v) is 14.3. The summed E-state index contributed by atoms with van der Waals surface area (Å²) in [6.07, 6.45) is 14.7. The highest BCUT2D eigenvalue weighted by molar-refractivity contribution is 7.86. The van der Waals surface area contributed by atoms with E-state index in [0.29, 0.717) is 23.9 Å². The van der Waals surface area contributed by atoms with E-state index in [0.717, 1.165) is 59.3 Å². The second-order valence-corrected chi connectivity index (χ2v) is 18.5. The Morgan fingerprint density at radius 1 is 0.848 bits per heavy atom. The van der Waals surface area contributed by atoms with Crippen LogP contribution in [-0.4, -0.2) is 20.8 Å². The van der Waals surface area contributed by atoms with Crippen LogP contribution in [-0.2, 0) is 20.9 Å². The van der Waals surface area contributed by atoms with Crippen LogP contribution in [0.3, 0.4) is 0 Å². The topological polar surface area (TPSA) is 52.6 Å². The van der Waals surface area contributed by atoms with Gasteiger partial charge in [0.2, 0.25) is 0 Å². The van der Waals surface area contributed by atoms with Crippen LogP contribution >= 0.6 is 0 Å². The predicted octanol–water partition coefficient (Wildman–Crippen LogP) is 10.4. The van der Waals surface area contributed by atoms with Gasteiger partial charge >= 0.3 is 0 Å². The van der Waals surface area contributed by atoms with E-state index < -0.39 is 10.1 Å². The summed E-state index contributed by atoms with van der Waals surface area (Å²) in [5.41, 5.74) is 2.77. The molecule has 6 rings (SSSR count). The van der Waals surface area contributed by atoms with E-state index in [1.165, 1.54) is 64.0 Å². The van der Waals surface area contributed by atoms with Crippen LogP contribution in [0.2, 0.25) is 0 Å². The number of ether oxygens (including phenoxy) is 1. The van der Waals surface area contributed by atoms with Gasteiger partial charge in [0.05, 0.1) is 12.4 Å². The highest BCUT2D eigenvalue weighted by Gasteiger charge is 2.62. The fourth-order valence-electron chi connectivity index (χ4n) is 11.6. The number of hydrogen-bond donors (Lipinski definition) is 0. The third-order valence-electron chi connectivity index (χ3n) is 13.7. The standard InChI is InChI=1S/C41H60O4S/c1-28(2)13-12-14-29(3)35-21-22-36-33-20-19-31-25-34(32-17-10-11-18-38(32)44-27-30-15-8-7-9-16-30)39(45-46(6,42)43)26-41(31,5)37(33)23-24-40(35,36)4/h7-11,15-18,28-29,31,33-37,39H,12-14,19-27H2,1-6H3/t29-,31+,33+,34-,35-,36+,37+,39+,40-,41+/m1/s1. The molecule has 0 aromatic heterocycles. The maximum Gasteiger partial charge on any atom is 0.264 e. The van der Waals surface area contributed by atoms with Gasteiger partial charge in [-0.05, 0) is 121 Å². The lowest BCUT2D eigenvalue weighted by atomic mass is 9.43. The van der Waals surface area contributed by atoms with Gasteiger partial charge in [0.15, 0.2) is 0 Å². The Hall–Kier alpha value is -1.85. The Kier molecular flexibility index (Phi) is 10.0. The molecule has 4 aliphatic rings. The normalized spacial score (nSPS) is 36.5. The molecule has 0 aliphatic heterocycles. The summed E-state index contributed by atoms with van der Waals surface area (Å²) in [4.78, 5) is 0. The van der Waals surface area contributed by atoms with Crippen LogP contribution < -0.4 is 4.74 Å². The first-order valence-corrected chi connectivity index (χ1v) is 20.3. The zero-order chi connectivity index (χ0) is 32.7. The second-order valence-electron chi connectivity index (χ2n) is 16.9. The SMILES string of the molecule is CC(C)CCC[C@@H](C)[C@H]1CC[C@H]2[C@@H]3CC[C@H]4C[C@H](c5ccccc5OCc5ccccc5)[C@@H](OS(C)(=O)=O)C[C@]4(C)[C@H]3CC[C@]12C. The van der Waals surface area contributed by atoms with Crippen molar-refractivity contribution in [3.63, 3.8) is 0 Å². The Morgan fingerprint density at radius 2 is 1.57 bits per heavy atom. The van der Waals surface area contributed by atoms with Crippen molar-refractivity contribution in [3.05, 3.63) is 65.7 Å². The molecule has 0 unspecified atom stereocenters. The quantitative estimate of drug-likeness (QED) is 0.228. The average Bonchev–Trinajstić information content (AvgIpc) is 3.36. The molecule has 0 spiro atoms. The molecule has 0 N–H and O–H groups in total. The molecule has 4 fully saturated rings. The molecule has 46 heavy (non-hydrogen) atoms. The fourth-order valence-corrected chi connectivity index (χ4v) is 12.3. The van der Waals surface area contributed by atoms with Crippen molar-refractivity contribution in [1.29, 1.82) is 0 Å². The molecule has 0 bridgehead atoms. The monoisotopic (exact) mass is 648 g/mol. The Bertz CT molecular complexity index is 1420. The molecule has 0 amide bonds. The molecule has 0 heterocycles. The highest BCUT2D eigenvalue weighted by Crippen LogP contribution is 2.69. The molecule has 4 aliphatic carbocycles. The zero-order valence-corrected chi connectivity index (χ0v) is 30.2. The Balaban J connectivity index is 1.22. The molecule has 4 nitrogen and oxygen atoms in total. The fraction of sp³-hybridized carbons (Fsp3) is 0.707. The van der Waals surface area contributed by atoms with Crippen molar-refractivity contribution in [1.82, 2.24) is 0 Å². The van der Waals surface area contributed by atoms with Gasteiger partial charge in [-0.1, -0.05) is 102 Å². The molecule has 10 atom stereocenters. The van der Waals surface area contributed by atoms with Crippen LogP contribution in [0.1, 0.15) is 122 Å². The number of hydrogen-bond acceptors (Lipinski definition) is 4. The summed E-state index contributed by atoms with van der Waals surface area (Å²) < 4.78 is 38.0. The van der Waals surface area contributed by atoms with Crippen molar-refractivity contribution in [2.24, 2.45) is 52.3 Å². The van der Waals surface area contributed by atoms with Crippen LogP contribution in [0.25, 0.3) is 0 Å². The molecule has 0 saturated heterocycles. The smallest absolute Gasteiger partial charge is 0.264 e. The van der Waals surface area contributed by atoms with Crippen LogP contribution in [0.15, 0.2) is 54.6 Å². The van der Waals surface area contributed by atoms with Gasteiger partial charge in [-0.15, -0.1) is 0 Å². The van der Waals surface area contributed by atoms with Gasteiger partial charge in [-0.3, -0.25) is 4.18 Å². The van der Waals surface area contributed by atoms with E-state index in [-0.39, 0.29) is 17.4 Å². The maximum atomic E-state index is 12.8. The van der Waals surface area contributed by atoms with Crippen molar-refractivity contribution in [2.45, 2.75) is 124 Å². The van der Waals surface area contributed by atoms with Gasteiger partial charge < -0.3 is 4.74 Å². The summed E-state index contributed by atoms with van der Waals surface area (Å²) in [6.45, 7) is 12.9. The van der Waals surface area contributed by atoms with Gasteiger partial charge in [-0.2, -0.15) is 8.42 Å². The van der Waals surface area contributed by atoms with E-state index in [4.69, 9.17) is 8.92 Å². The van der Waals surface area contributed by atoms with Crippen LogP contribution in [0, 0.1) is 52.3 Å². The van der Waals surface area contributed by atoms with E-state index in [1.54, 1.807) is 0 Å². The first-order chi connectivity index (χ1) is 21.9. The van der Waals surface area contributed by atoms with Gasteiger partial charge in [-0.25, -0.2) is 0 Å². The first-order valence-electron chi connectivity index (χ1n) is 18.5. The minimum Gasteiger partial charge on any atom is -0.489 e. The van der Waals surface area contributed by atoms with Gasteiger partial charge in [0.1, 0.15) is 12.4 Å². The largest absolute Gasteiger partial charge is 0.489 e. The number of fused-ring (bicyclic) bond motifs is 5. The van der Waals surface area contributed by atoms with Gasteiger partial charge in [0, 0.05) is 5.92 Å². The first kappa shape index (κ1) is 34.0. The predicted molar refractivity (Wildman–Crippen MR) is 188 cm³/mol. The second kappa shape index (κ2) is 13.6. The Labute approximate surface area is 280 Å².